The number of halogens is 2. The molecule has 2 aromatic rings. The molecule has 0 unspecified atom stereocenters. The van der Waals surface area contributed by atoms with Gasteiger partial charge in [0.15, 0.2) is 0 Å². The summed E-state index contributed by atoms with van der Waals surface area (Å²) in [6, 6.07) is 0. The highest BCUT2D eigenvalue weighted by Gasteiger charge is 2.20. The molecule has 9 heteroatoms. The fourth-order valence-electron chi connectivity index (χ4n) is 2.79. The fourth-order valence-corrected chi connectivity index (χ4v) is 2.79. The standard InChI is InChI=1S/C16H21F2N5O2/c17-5-6-23-9-12(7-20-23)21-16-19-8-14(18)15(22-16)25-10-11-1-3-13(24)4-2-11/h7-9,11,13,24H,1-6,10H2,(H,19,21,22). The van der Waals surface area contributed by atoms with Crippen LogP contribution in [0.5, 0.6) is 5.88 Å². The smallest absolute Gasteiger partial charge is 0.255 e. The van der Waals surface area contributed by atoms with Crippen LogP contribution in [0.25, 0.3) is 0 Å². The molecule has 0 amide bonds. The number of aromatic nitrogens is 4. The number of aliphatic hydroxyl groups excluding tert-OH is 1. The van der Waals surface area contributed by atoms with Crippen molar-refractivity contribution in [2.75, 3.05) is 18.6 Å². The molecule has 1 aliphatic rings. The van der Waals surface area contributed by atoms with Crippen LogP contribution < -0.4 is 10.1 Å². The van der Waals surface area contributed by atoms with Gasteiger partial charge in [-0.3, -0.25) is 4.68 Å². The van der Waals surface area contributed by atoms with Gasteiger partial charge < -0.3 is 15.2 Å². The first-order valence-electron chi connectivity index (χ1n) is 8.33. The van der Waals surface area contributed by atoms with Gasteiger partial charge in [-0.25, -0.2) is 9.37 Å². The Balaban J connectivity index is 1.59. The van der Waals surface area contributed by atoms with E-state index in [1.165, 1.54) is 10.9 Å². The molecule has 7 nitrogen and oxygen atoms in total. The van der Waals surface area contributed by atoms with Gasteiger partial charge in [0.1, 0.15) is 6.67 Å². The second kappa shape index (κ2) is 8.19. The largest absolute Gasteiger partial charge is 0.475 e. The van der Waals surface area contributed by atoms with E-state index in [0.717, 1.165) is 31.9 Å². The predicted molar refractivity (Wildman–Crippen MR) is 86.9 cm³/mol. The minimum absolute atomic E-state index is 0.111. The lowest BCUT2D eigenvalue weighted by Crippen LogP contribution is -2.23. The van der Waals surface area contributed by atoms with Gasteiger partial charge in [0.25, 0.3) is 5.88 Å². The minimum atomic E-state index is -0.630. The zero-order valence-corrected chi connectivity index (χ0v) is 13.7. The van der Waals surface area contributed by atoms with Crippen LogP contribution >= 0.6 is 0 Å². The summed E-state index contributed by atoms with van der Waals surface area (Å²) in [5.41, 5.74) is 0.576. The highest BCUT2D eigenvalue weighted by atomic mass is 19.1. The first kappa shape index (κ1) is 17.5. The molecule has 0 aliphatic heterocycles. The molecule has 136 valence electrons. The summed E-state index contributed by atoms with van der Waals surface area (Å²) in [5.74, 6) is -0.280. The van der Waals surface area contributed by atoms with E-state index in [4.69, 9.17) is 4.74 Å². The van der Waals surface area contributed by atoms with Gasteiger partial charge in [-0.2, -0.15) is 14.5 Å². The maximum absolute atomic E-state index is 13.9. The zero-order chi connectivity index (χ0) is 17.6. The highest BCUT2D eigenvalue weighted by molar-refractivity contribution is 5.50. The van der Waals surface area contributed by atoms with Crippen molar-refractivity contribution in [3.8, 4) is 5.88 Å². The molecule has 0 atom stereocenters. The molecular formula is C16H21F2N5O2. The Morgan fingerprint density at radius 2 is 2.08 bits per heavy atom. The van der Waals surface area contributed by atoms with Crippen molar-refractivity contribution in [2.45, 2.75) is 38.3 Å². The van der Waals surface area contributed by atoms with Gasteiger partial charge in [0.05, 0.1) is 37.3 Å². The highest BCUT2D eigenvalue weighted by Crippen LogP contribution is 2.25. The van der Waals surface area contributed by atoms with Crippen molar-refractivity contribution in [1.29, 1.82) is 0 Å². The Kier molecular flexibility index (Phi) is 5.75. The Labute approximate surface area is 144 Å². The van der Waals surface area contributed by atoms with Crippen molar-refractivity contribution < 1.29 is 18.6 Å². The Hall–Kier alpha value is -2.29. The molecular weight excluding hydrogens is 332 g/mol. The Morgan fingerprint density at radius 1 is 1.28 bits per heavy atom. The van der Waals surface area contributed by atoms with E-state index in [1.54, 1.807) is 6.20 Å². The van der Waals surface area contributed by atoms with Gasteiger partial charge in [-0.05, 0) is 31.6 Å². The number of ether oxygens (including phenoxy) is 1. The minimum Gasteiger partial charge on any atom is -0.475 e. The number of anilines is 2. The monoisotopic (exact) mass is 353 g/mol. The van der Waals surface area contributed by atoms with E-state index in [9.17, 15) is 13.9 Å². The van der Waals surface area contributed by atoms with E-state index in [-0.39, 0.29) is 30.4 Å². The number of nitrogens with zero attached hydrogens (tertiary/aromatic N) is 4. The fraction of sp³-hybridized carbons (Fsp3) is 0.562. The SMILES string of the molecule is OC1CCC(COc2nc(Nc3cnn(CCF)c3)ncc2F)CC1. The van der Waals surface area contributed by atoms with Crippen LogP contribution in [0.1, 0.15) is 25.7 Å². The van der Waals surface area contributed by atoms with E-state index >= 15 is 0 Å². The third-order valence-corrected chi connectivity index (χ3v) is 4.19. The molecule has 0 aromatic carbocycles. The van der Waals surface area contributed by atoms with Gasteiger partial charge in [-0.15, -0.1) is 0 Å². The average Bonchev–Trinajstić information content (AvgIpc) is 3.04. The molecule has 0 bridgehead atoms. The summed E-state index contributed by atoms with van der Waals surface area (Å²) in [7, 11) is 0. The topological polar surface area (TPSA) is 85.1 Å². The third kappa shape index (κ3) is 4.85. The molecule has 1 saturated carbocycles. The summed E-state index contributed by atoms with van der Waals surface area (Å²) < 4.78 is 33.1. The molecule has 1 aliphatic carbocycles. The first-order valence-corrected chi connectivity index (χ1v) is 8.33. The number of aryl methyl sites for hydroxylation is 1. The van der Waals surface area contributed by atoms with E-state index < -0.39 is 12.5 Å². The molecule has 0 saturated heterocycles. The van der Waals surface area contributed by atoms with E-state index in [1.807, 2.05) is 0 Å². The Morgan fingerprint density at radius 3 is 2.84 bits per heavy atom. The van der Waals surface area contributed by atoms with Gasteiger partial charge in [0.2, 0.25) is 11.8 Å². The molecule has 2 aromatic heterocycles. The van der Waals surface area contributed by atoms with Crippen LogP contribution in [0, 0.1) is 11.7 Å². The molecule has 25 heavy (non-hydrogen) atoms. The van der Waals surface area contributed by atoms with Crippen LogP contribution in [0.2, 0.25) is 0 Å². The molecule has 1 fully saturated rings. The number of hydrogen-bond acceptors (Lipinski definition) is 6. The van der Waals surface area contributed by atoms with Gasteiger partial charge in [-0.1, -0.05) is 0 Å². The quantitative estimate of drug-likeness (QED) is 0.795. The zero-order valence-electron chi connectivity index (χ0n) is 13.7. The lowest BCUT2D eigenvalue weighted by Gasteiger charge is -2.25. The van der Waals surface area contributed by atoms with Crippen LogP contribution in [-0.4, -0.2) is 44.2 Å². The number of hydrogen-bond donors (Lipinski definition) is 2. The number of alkyl halides is 1. The number of nitrogens with one attached hydrogen (secondary N) is 1. The van der Waals surface area contributed by atoms with E-state index in [2.05, 4.69) is 20.4 Å². The number of rotatable bonds is 7. The first-order chi connectivity index (χ1) is 12.1. The Bertz CT molecular complexity index is 689. The molecule has 2 heterocycles. The number of aliphatic hydroxyl groups is 1. The average molecular weight is 353 g/mol. The lowest BCUT2D eigenvalue weighted by atomic mass is 9.88. The lowest BCUT2D eigenvalue weighted by molar-refractivity contribution is 0.0899. The van der Waals surface area contributed by atoms with Crippen molar-refractivity contribution >= 4 is 11.6 Å². The van der Waals surface area contributed by atoms with Crippen LogP contribution in [0.4, 0.5) is 20.4 Å². The summed E-state index contributed by atoms with van der Waals surface area (Å²) in [5, 5.41) is 16.4. The van der Waals surface area contributed by atoms with Crippen molar-refractivity contribution in [1.82, 2.24) is 19.7 Å². The maximum atomic E-state index is 13.9. The normalized spacial score (nSPS) is 20.4. The summed E-state index contributed by atoms with van der Waals surface area (Å²) in [6.07, 6.45) is 7.13. The maximum Gasteiger partial charge on any atom is 0.255 e. The predicted octanol–water partition coefficient (Wildman–Crippen LogP) is 2.46. The van der Waals surface area contributed by atoms with Crippen LogP contribution in [-0.2, 0) is 6.54 Å². The molecule has 0 radical (unpaired) electrons. The second-order valence-corrected chi connectivity index (χ2v) is 6.14. The van der Waals surface area contributed by atoms with Crippen LogP contribution in [0.3, 0.4) is 0 Å². The molecule has 0 spiro atoms. The van der Waals surface area contributed by atoms with Crippen molar-refractivity contribution in [3.05, 3.63) is 24.4 Å². The van der Waals surface area contributed by atoms with Crippen molar-refractivity contribution in [3.63, 3.8) is 0 Å². The summed E-state index contributed by atoms with van der Waals surface area (Å²) >= 11 is 0. The second-order valence-electron chi connectivity index (χ2n) is 6.14. The summed E-state index contributed by atoms with van der Waals surface area (Å²) in [6.45, 7) is 0.00920. The van der Waals surface area contributed by atoms with Gasteiger partial charge in [0, 0.05) is 6.20 Å². The third-order valence-electron chi connectivity index (χ3n) is 4.19. The van der Waals surface area contributed by atoms with Crippen molar-refractivity contribution in [2.24, 2.45) is 5.92 Å². The van der Waals surface area contributed by atoms with Gasteiger partial charge >= 0.3 is 0 Å². The van der Waals surface area contributed by atoms with E-state index in [0.29, 0.717) is 12.3 Å². The molecule has 3 rings (SSSR count). The molecule has 2 N–H and O–H groups in total. The van der Waals surface area contributed by atoms with Crippen LogP contribution in [0.15, 0.2) is 18.6 Å². The summed E-state index contributed by atoms with van der Waals surface area (Å²) in [4.78, 5) is 7.91.